The molecular weight excluding hydrogens is 176 g/mol. The zero-order valence-corrected chi connectivity index (χ0v) is 7.93. The smallest absolute Gasteiger partial charge is 0.260 e. The first-order valence-electron chi connectivity index (χ1n) is 4.71. The fourth-order valence-electron chi connectivity index (χ4n) is 1.55. The maximum absolute atomic E-state index is 12.7. The van der Waals surface area contributed by atoms with Crippen molar-refractivity contribution in [3.8, 4) is 0 Å². The molecule has 0 radical (unpaired) electrons. The summed E-state index contributed by atoms with van der Waals surface area (Å²) >= 11 is 0. The highest BCUT2D eigenvalue weighted by Gasteiger charge is 2.32. The quantitative estimate of drug-likeness (QED) is 0.741. The topological polar surface area (TPSA) is 35.2 Å². The first-order chi connectivity index (χ1) is 6.00. The molecule has 0 aromatic rings. The Hall–Kier alpha value is -0.220. The van der Waals surface area contributed by atoms with Gasteiger partial charge in [0.15, 0.2) is 0 Å². The maximum Gasteiger partial charge on any atom is 0.260 e. The van der Waals surface area contributed by atoms with Crippen LogP contribution in [-0.2, 0) is 4.74 Å². The van der Waals surface area contributed by atoms with Crippen LogP contribution in [0.1, 0.15) is 26.2 Å². The third-order valence-electron chi connectivity index (χ3n) is 2.58. The molecule has 1 saturated heterocycles. The van der Waals surface area contributed by atoms with E-state index in [-0.39, 0.29) is 0 Å². The van der Waals surface area contributed by atoms with Gasteiger partial charge in [-0.1, -0.05) is 0 Å². The lowest BCUT2D eigenvalue weighted by molar-refractivity contribution is -0.0210. The van der Waals surface area contributed by atoms with Gasteiger partial charge in [-0.15, -0.1) is 0 Å². The van der Waals surface area contributed by atoms with Crippen molar-refractivity contribution >= 4 is 0 Å². The molecule has 0 aromatic heterocycles. The van der Waals surface area contributed by atoms with Gasteiger partial charge in [0.2, 0.25) is 0 Å². The largest absolute Gasteiger partial charge is 0.381 e. The predicted molar refractivity (Wildman–Crippen MR) is 46.8 cm³/mol. The van der Waals surface area contributed by atoms with Crippen molar-refractivity contribution in [3.05, 3.63) is 0 Å². The highest BCUT2D eigenvalue weighted by Crippen LogP contribution is 2.26. The molecule has 2 N–H and O–H groups in total. The molecular formula is C9H17F2NO. The minimum atomic E-state index is -2.75. The fourth-order valence-corrected chi connectivity index (χ4v) is 1.55. The summed E-state index contributed by atoms with van der Waals surface area (Å²) in [7, 11) is 0. The zero-order valence-electron chi connectivity index (χ0n) is 7.93. The molecule has 0 spiro atoms. The maximum atomic E-state index is 12.7. The lowest BCUT2D eigenvalue weighted by Crippen LogP contribution is -2.40. The van der Waals surface area contributed by atoms with Crippen LogP contribution in [0.4, 0.5) is 8.78 Å². The summed E-state index contributed by atoms with van der Waals surface area (Å²) in [5.41, 5.74) is 5.39. The monoisotopic (exact) mass is 193 g/mol. The molecule has 1 heterocycles. The van der Waals surface area contributed by atoms with E-state index in [2.05, 4.69) is 0 Å². The van der Waals surface area contributed by atoms with Crippen LogP contribution in [-0.4, -0.2) is 25.2 Å². The van der Waals surface area contributed by atoms with E-state index in [1.54, 1.807) is 0 Å². The normalized spacial score (nSPS) is 23.1. The van der Waals surface area contributed by atoms with Gasteiger partial charge < -0.3 is 10.5 Å². The van der Waals surface area contributed by atoms with Gasteiger partial charge in [-0.25, -0.2) is 8.78 Å². The van der Waals surface area contributed by atoms with Gasteiger partial charge in [0.25, 0.3) is 5.92 Å². The van der Waals surface area contributed by atoms with Crippen LogP contribution in [0.3, 0.4) is 0 Å². The van der Waals surface area contributed by atoms with Gasteiger partial charge in [0.05, 0.1) is 6.04 Å². The molecule has 1 aliphatic rings. The number of nitrogens with two attached hydrogens (primary N) is 1. The molecule has 13 heavy (non-hydrogen) atoms. The summed E-state index contributed by atoms with van der Waals surface area (Å²) in [5.74, 6) is -2.44. The van der Waals surface area contributed by atoms with Crippen LogP contribution in [0.2, 0.25) is 0 Å². The van der Waals surface area contributed by atoms with Gasteiger partial charge in [-0.05, 0) is 25.2 Å². The minimum absolute atomic E-state index is 0.314. The number of ether oxygens (including phenoxy) is 1. The fraction of sp³-hybridized carbons (Fsp3) is 1.00. The number of hydrogen-bond donors (Lipinski definition) is 1. The van der Waals surface area contributed by atoms with Crippen LogP contribution in [0.25, 0.3) is 0 Å². The van der Waals surface area contributed by atoms with Crippen LogP contribution in [0, 0.1) is 5.92 Å². The van der Waals surface area contributed by atoms with E-state index < -0.39 is 12.0 Å². The molecule has 0 bridgehead atoms. The van der Waals surface area contributed by atoms with E-state index >= 15 is 0 Å². The van der Waals surface area contributed by atoms with Gasteiger partial charge in [0, 0.05) is 20.1 Å². The van der Waals surface area contributed by atoms with E-state index in [0.717, 1.165) is 19.8 Å². The van der Waals surface area contributed by atoms with E-state index in [1.807, 2.05) is 0 Å². The van der Waals surface area contributed by atoms with Crippen molar-refractivity contribution in [3.63, 3.8) is 0 Å². The lowest BCUT2D eigenvalue weighted by atomic mass is 9.91. The second kappa shape index (κ2) is 4.33. The van der Waals surface area contributed by atoms with Crippen LogP contribution < -0.4 is 5.73 Å². The summed E-state index contributed by atoms with van der Waals surface area (Å²) < 4.78 is 30.6. The lowest BCUT2D eigenvalue weighted by Gasteiger charge is -2.27. The predicted octanol–water partition coefficient (Wildman–Crippen LogP) is 1.79. The summed E-state index contributed by atoms with van der Waals surface area (Å²) in [4.78, 5) is 0. The number of alkyl halides is 2. The third kappa shape index (κ3) is 3.56. The summed E-state index contributed by atoms with van der Waals surface area (Å²) in [6, 6.07) is -1.00. The van der Waals surface area contributed by atoms with E-state index in [1.165, 1.54) is 0 Å². The van der Waals surface area contributed by atoms with Gasteiger partial charge in [-0.2, -0.15) is 0 Å². The molecule has 1 unspecified atom stereocenters. The zero-order chi connectivity index (χ0) is 9.90. The Bertz CT molecular complexity index is 152. The molecule has 1 rings (SSSR count). The van der Waals surface area contributed by atoms with Crippen LogP contribution in [0.15, 0.2) is 0 Å². The number of rotatable bonds is 3. The second-order valence-corrected chi connectivity index (χ2v) is 3.85. The van der Waals surface area contributed by atoms with Crippen molar-refractivity contribution in [2.45, 2.75) is 38.2 Å². The molecule has 78 valence electrons. The first kappa shape index (κ1) is 10.9. The van der Waals surface area contributed by atoms with Crippen molar-refractivity contribution in [2.75, 3.05) is 13.2 Å². The molecule has 1 atom stereocenters. The first-order valence-corrected chi connectivity index (χ1v) is 4.71. The minimum Gasteiger partial charge on any atom is -0.381 e. The van der Waals surface area contributed by atoms with Crippen LogP contribution in [0.5, 0.6) is 0 Å². The highest BCUT2D eigenvalue weighted by atomic mass is 19.3. The SMILES string of the molecule is CC(F)(F)C(N)CC1CCOCC1. The number of hydrogen-bond acceptors (Lipinski definition) is 2. The average molecular weight is 193 g/mol. The van der Waals surface area contributed by atoms with Crippen molar-refractivity contribution in [1.29, 1.82) is 0 Å². The third-order valence-corrected chi connectivity index (χ3v) is 2.58. The summed E-state index contributed by atoms with van der Waals surface area (Å²) in [5, 5.41) is 0. The molecule has 1 fully saturated rings. The molecule has 0 aromatic carbocycles. The molecule has 1 aliphatic heterocycles. The second-order valence-electron chi connectivity index (χ2n) is 3.85. The van der Waals surface area contributed by atoms with Crippen molar-refractivity contribution in [1.82, 2.24) is 0 Å². The Morgan fingerprint density at radius 1 is 1.46 bits per heavy atom. The Morgan fingerprint density at radius 2 is 2.00 bits per heavy atom. The Balaban J connectivity index is 2.30. The average Bonchev–Trinajstić information content (AvgIpc) is 2.04. The van der Waals surface area contributed by atoms with Crippen LogP contribution >= 0.6 is 0 Å². The van der Waals surface area contributed by atoms with E-state index in [4.69, 9.17) is 10.5 Å². The number of halogens is 2. The Kier molecular flexibility index (Phi) is 3.62. The molecule has 0 saturated carbocycles. The highest BCUT2D eigenvalue weighted by molar-refractivity contribution is 4.79. The molecule has 0 aliphatic carbocycles. The Morgan fingerprint density at radius 3 is 2.46 bits per heavy atom. The van der Waals surface area contributed by atoms with Crippen molar-refractivity contribution in [2.24, 2.45) is 11.7 Å². The summed E-state index contributed by atoms with van der Waals surface area (Å²) in [6.45, 7) is 2.26. The van der Waals surface area contributed by atoms with E-state index in [0.29, 0.717) is 25.6 Å². The molecule has 4 heteroatoms. The molecule has 2 nitrogen and oxygen atoms in total. The van der Waals surface area contributed by atoms with Gasteiger partial charge >= 0.3 is 0 Å². The van der Waals surface area contributed by atoms with Gasteiger partial charge in [-0.3, -0.25) is 0 Å². The Labute approximate surface area is 77.4 Å². The van der Waals surface area contributed by atoms with E-state index in [9.17, 15) is 8.78 Å². The summed E-state index contributed by atoms with van der Waals surface area (Å²) in [6.07, 6.45) is 2.14. The standard InChI is InChI=1S/C9H17F2NO/c1-9(10,11)8(12)6-7-2-4-13-5-3-7/h7-8H,2-6,12H2,1H3. The van der Waals surface area contributed by atoms with Gasteiger partial charge in [0.1, 0.15) is 0 Å². The van der Waals surface area contributed by atoms with Crippen molar-refractivity contribution < 1.29 is 13.5 Å². The molecule has 0 amide bonds.